The lowest BCUT2D eigenvalue weighted by molar-refractivity contribution is -0.111. The molecule has 4 rings (SSSR count). The molecule has 1 aliphatic rings. The van der Waals surface area contributed by atoms with E-state index >= 15 is 0 Å². The molecule has 12 heteroatoms. The standard InChI is InChI=1S/C26H29N5O6S/c1-35-22-16-19(17-23(36-2)26(22)37-3)4-9-25(32)29-20-5-7-21(8-6-20)38(33,34)31-14-12-30(13-15-31)24-18-27-10-11-28-24/h4-11,16-18H,12-15H2,1-3H3,(H,29,32)/b9-4-. The van der Waals surface area contributed by atoms with Crippen molar-refractivity contribution < 1.29 is 27.4 Å². The molecule has 38 heavy (non-hydrogen) atoms. The van der Waals surface area contributed by atoms with Crippen LogP contribution in [0.15, 0.2) is 66.0 Å². The highest BCUT2D eigenvalue weighted by atomic mass is 32.2. The summed E-state index contributed by atoms with van der Waals surface area (Å²) >= 11 is 0. The van der Waals surface area contributed by atoms with Gasteiger partial charge in [0.2, 0.25) is 21.7 Å². The number of benzene rings is 2. The van der Waals surface area contributed by atoms with Crippen molar-refractivity contribution in [3.63, 3.8) is 0 Å². The van der Waals surface area contributed by atoms with Gasteiger partial charge in [0.1, 0.15) is 5.82 Å². The Hall–Kier alpha value is -4.16. The van der Waals surface area contributed by atoms with Gasteiger partial charge in [0.25, 0.3) is 0 Å². The van der Waals surface area contributed by atoms with Gasteiger partial charge in [-0.25, -0.2) is 13.4 Å². The van der Waals surface area contributed by atoms with E-state index in [1.54, 1.807) is 48.9 Å². The molecule has 0 unspecified atom stereocenters. The van der Waals surface area contributed by atoms with Crippen LogP contribution in [0, 0.1) is 0 Å². The summed E-state index contributed by atoms with van der Waals surface area (Å²) < 4.78 is 43.7. The van der Waals surface area contributed by atoms with Crippen molar-refractivity contribution in [1.29, 1.82) is 0 Å². The number of carbonyl (C=O) groups is 1. The molecular formula is C26H29N5O6S. The number of nitrogens with zero attached hydrogens (tertiary/aromatic N) is 4. The zero-order valence-corrected chi connectivity index (χ0v) is 22.1. The lowest BCUT2D eigenvalue weighted by Gasteiger charge is -2.34. The molecule has 3 aromatic rings. The molecule has 1 aliphatic heterocycles. The Bertz CT molecular complexity index is 1360. The highest BCUT2D eigenvalue weighted by molar-refractivity contribution is 7.89. The first-order chi connectivity index (χ1) is 18.3. The molecule has 1 fully saturated rings. The van der Waals surface area contributed by atoms with Gasteiger partial charge in [-0.3, -0.25) is 9.78 Å². The van der Waals surface area contributed by atoms with Gasteiger partial charge in [-0.1, -0.05) is 0 Å². The number of ether oxygens (including phenoxy) is 3. The van der Waals surface area contributed by atoms with Gasteiger partial charge in [0.15, 0.2) is 11.5 Å². The smallest absolute Gasteiger partial charge is 0.248 e. The van der Waals surface area contributed by atoms with Crippen LogP contribution in [0.25, 0.3) is 6.08 Å². The Morgan fingerprint density at radius 1 is 0.947 bits per heavy atom. The molecule has 0 spiro atoms. The summed E-state index contributed by atoms with van der Waals surface area (Å²) in [6, 6.07) is 9.54. The van der Waals surface area contributed by atoms with Crippen LogP contribution < -0.4 is 24.4 Å². The molecule has 1 aromatic heterocycles. The van der Waals surface area contributed by atoms with Crippen LogP contribution in [0.4, 0.5) is 11.5 Å². The highest BCUT2D eigenvalue weighted by Gasteiger charge is 2.29. The third-order valence-electron chi connectivity index (χ3n) is 5.99. The fourth-order valence-electron chi connectivity index (χ4n) is 4.02. The normalized spacial score (nSPS) is 14.3. The first-order valence-corrected chi connectivity index (χ1v) is 13.2. The summed E-state index contributed by atoms with van der Waals surface area (Å²) in [5.74, 6) is 1.75. The average molecular weight is 540 g/mol. The lowest BCUT2D eigenvalue weighted by Crippen LogP contribution is -2.48. The third kappa shape index (κ3) is 6.03. The number of nitrogens with one attached hydrogen (secondary N) is 1. The molecule has 0 atom stereocenters. The molecule has 0 radical (unpaired) electrons. The van der Waals surface area contributed by atoms with E-state index in [0.29, 0.717) is 54.7 Å². The van der Waals surface area contributed by atoms with Gasteiger partial charge in [-0.2, -0.15) is 4.31 Å². The Kier molecular flexibility index (Phi) is 8.44. The summed E-state index contributed by atoms with van der Waals surface area (Å²) in [7, 11) is 0.877. The van der Waals surface area contributed by atoms with Crippen LogP contribution in [0.2, 0.25) is 0 Å². The van der Waals surface area contributed by atoms with Crippen molar-refractivity contribution in [1.82, 2.24) is 14.3 Å². The largest absolute Gasteiger partial charge is 0.493 e. The van der Waals surface area contributed by atoms with E-state index in [1.165, 1.54) is 43.8 Å². The van der Waals surface area contributed by atoms with E-state index in [0.717, 1.165) is 5.82 Å². The second kappa shape index (κ2) is 11.9. The zero-order valence-electron chi connectivity index (χ0n) is 21.3. The number of hydrogen-bond donors (Lipinski definition) is 1. The summed E-state index contributed by atoms with van der Waals surface area (Å²) in [6.45, 7) is 1.71. The first kappa shape index (κ1) is 26.9. The molecule has 0 aliphatic carbocycles. The summed E-state index contributed by atoms with van der Waals surface area (Å²) in [4.78, 5) is 23.0. The Morgan fingerprint density at radius 2 is 1.61 bits per heavy atom. The van der Waals surface area contributed by atoms with E-state index in [4.69, 9.17) is 14.2 Å². The molecular weight excluding hydrogens is 510 g/mol. The van der Waals surface area contributed by atoms with Gasteiger partial charge in [-0.05, 0) is 48.0 Å². The van der Waals surface area contributed by atoms with E-state index in [2.05, 4.69) is 15.3 Å². The molecule has 2 heterocycles. The fourth-order valence-corrected chi connectivity index (χ4v) is 5.45. The number of methoxy groups -OCH3 is 3. The minimum atomic E-state index is -3.67. The number of carbonyl (C=O) groups excluding carboxylic acids is 1. The molecule has 1 N–H and O–H groups in total. The topological polar surface area (TPSA) is 123 Å². The molecule has 0 bridgehead atoms. The van der Waals surface area contributed by atoms with E-state index in [9.17, 15) is 13.2 Å². The van der Waals surface area contributed by atoms with Crippen LogP contribution in [0.1, 0.15) is 5.56 Å². The first-order valence-electron chi connectivity index (χ1n) is 11.8. The Balaban J connectivity index is 1.37. The lowest BCUT2D eigenvalue weighted by atomic mass is 10.1. The summed E-state index contributed by atoms with van der Waals surface area (Å²) in [5.41, 5.74) is 1.14. The van der Waals surface area contributed by atoms with E-state index in [1.807, 2.05) is 4.90 Å². The molecule has 200 valence electrons. The van der Waals surface area contributed by atoms with E-state index < -0.39 is 10.0 Å². The monoisotopic (exact) mass is 539 g/mol. The van der Waals surface area contributed by atoms with Crippen molar-refractivity contribution >= 4 is 33.5 Å². The zero-order chi connectivity index (χ0) is 27.1. The Morgan fingerprint density at radius 3 is 2.16 bits per heavy atom. The predicted molar refractivity (Wildman–Crippen MR) is 143 cm³/mol. The number of sulfonamides is 1. The van der Waals surface area contributed by atoms with E-state index in [-0.39, 0.29) is 10.8 Å². The van der Waals surface area contributed by atoms with Crippen molar-refractivity contribution in [3.8, 4) is 17.2 Å². The number of piperazine rings is 1. The summed E-state index contributed by atoms with van der Waals surface area (Å²) in [6.07, 6.45) is 7.85. The number of aromatic nitrogens is 2. The SMILES string of the molecule is COc1cc(/C=C\C(=O)Nc2ccc(S(=O)(=O)N3CCN(c4cnccn4)CC3)cc2)cc(OC)c1OC. The second-order valence-electron chi connectivity index (χ2n) is 8.26. The number of hydrogen-bond acceptors (Lipinski definition) is 9. The number of rotatable bonds is 9. The van der Waals surface area contributed by atoms with Gasteiger partial charge in [0, 0.05) is 50.3 Å². The van der Waals surface area contributed by atoms with Crippen LogP contribution in [-0.4, -0.2) is 76.1 Å². The van der Waals surface area contributed by atoms with Gasteiger partial charge >= 0.3 is 0 Å². The molecule has 1 saturated heterocycles. The van der Waals surface area contributed by atoms with Gasteiger partial charge in [0.05, 0.1) is 32.4 Å². The average Bonchev–Trinajstić information content (AvgIpc) is 2.96. The van der Waals surface area contributed by atoms with Crippen LogP contribution >= 0.6 is 0 Å². The molecule has 11 nitrogen and oxygen atoms in total. The predicted octanol–water partition coefficient (Wildman–Crippen LogP) is 2.67. The maximum absolute atomic E-state index is 13.1. The second-order valence-corrected chi connectivity index (χ2v) is 10.2. The maximum Gasteiger partial charge on any atom is 0.248 e. The summed E-state index contributed by atoms with van der Waals surface area (Å²) in [5, 5.41) is 2.73. The van der Waals surface area contributed by atoms with Crippen molar-refractivity contribution in [2.75, 3.05) is 57.7 Å². The minimum Gasteiger partial charge on any atom is -0.493 e. The Labute approximate surface area is 221 Å². The van der Waals surface area contributed by atoms with Gasteiger partial charge in [-0.15, -0.1) is 0 Å². The highest BCUT2D eigenvalue weighted by Crippen LogP contribution is 2.38. The van der Waals surface area contributed by atoms with Crippen LogP contribution in [-0.2, 0) is 14.8 Å². The number of amides is 1. The minimum absolute atomic E-state index is 0.163. The molecule has 1 amide bonds. The van der Waals surface area contributed by atoms with Crippen molar-refractivity contribution in [2.24, 2.45) is 0 Å². The molecule has 0 saturated carbocycles. The number of anilines is 2. The van der Waals surface area contributed by atoms with Gasteiger partial charge < -0.3 is 24.4 Å². The third-order valence-corrected chi connectivity index (χ3v) is 7.90. The van der Waals surface area contributed by atoms with Crippen molar-refractivity contribution in [2.45, 2.75) is 4.90 Å². The molecule has 2 aromatic carbocycles. The van der Waals surface area contributed by atoms with Crippen LogP contribution in [0.5, 0.6) is 17.2 Å². The quantitative estimate of drug-likeness (QED) is 0.409. The van der Waals surface area contributed by atoms with Crippen LogP contribution in [0.3, 0.4) is 0 Å². The fraction of sp³-hybridized carbons (Fsp3) is 0.269. The van der Waals surface area contributed by atoms with Crippen molar-refractivity contribution in [3.05, 3.63) is 66.6 Å². The maximum atomic E-state index is 13.1.